The summed E-state index contributed by atoms with van der Waals surface area (Å²) < 4.78 is 5.44. The van der Waals surface area contributed by atoms with Crippen LogP contribution in [0.15, 0.2) is 18.2 Å². The van der Waals surface area contributed by atoms with Crippen LogP contribution in [0, 0.1) is 6.92 Å². The van der Waals surface area contributed by atoms with Gasteiger partial charge in [0.05, 0.1) is 0 Å². The predicted molar refractivity (Wildman–Crippen MR) is 83.7 cm³/mol. The topological polar surface area (TPSA) is 58.6 Å². The van der Waals surface area contributed by atoms with Crippen molar-refractivity contribution in [2.24, 2.45) is 0 Å². The summed E-state index contributed by atoms with van der Waals surface area (Å²) in [5.74, 6) is 2.28. The number of benzene rings is 1. The van der Waals surface area contributed by atoms with E-state index in [9.17, 15) is 4.79 Å². The van der Waals surface area contributed by atoms with E-state index in [4.69, 9.17) is 21.4 Å². The average molecular weight is 318 g/mol. The molecule has 0 spiro atoms. The largest absolute Gasteiger partial charge is 0.484 e. The van der Waals surface area contributed by atoms with Gasteiger partial charge in [0.25, 0.3) is 5.91 Å². The molecule has 0 unspecified atom stereocenters. The molecule has 1 amide bonds. The molecule has 0 radical (unpaired) electrons. The molecule has 0 aromatic heterocycles. The normalized spacial score (nSPS) is 10.3. The Morgan fingerprint density at radius 2 is 2.25 bits per heavy atom. The smallest absolute Gasteiger partial charge is 0.257 e. The summed E-state index contributed by atoms with van der Waals surface area (Å²) >= 11 is 7.56. The van der Waals surface area contributed by atoms with Gasteiger partial charge in [-0.05, 0) is 42.9 Å². The molecule has 1 aromatic carbocycles. The summed E-state index contributed by atoms with van der Waals surface area (Å²) in [5, 5.41) is 12.1. The number of rotatable bonds is 9. The van der Waals surface area contributed by atoms with Crippen LogP contribution in [-0.4, -0.2) is 42.3 Å². The minimum Gasteiger partial charge on any atom is -0.484 e. The Labute approximate surface area is 128 Å². The summed E-state index contributed by atoms with van der Waals surface area (Å²) in [6.45, 7) is 2.71. The number of nitrogens with one attached hydrogen (secondary N) is 1. The van der Waals surface area contributed by atoms with E-state index in [2.05, 4.69) is 5.32 Å². The fourth-order valence-corrected chi connectivity index (χ4v) is 2.51. The van der Waals surface area contributed by atoms with Gasteiger partial charge in [0.15, 0.2) is 6.61 Å². The highest BCUT2D eigenvalue weighted by molar-refractivity contribution is 7.99. The zero-order chi connectivity index (χ0) is 14.8. The number of aliphatic hydroxyl groups is 1. The van der Waals surface area contributed by atoms with E-state index >= 15 is 0 Å². The van der Waals surface area contributed by atoms with E-state index in [-0.39, 0.29) is 19.1 Å². The molecular formula is C14H20ClNO3S. The van der Waals surface area contributed by atoms with Crippen LogP contribution in [0.2, 0.25) is 5.02 Å². The van der Waals surface area contributed by atoms with Gasteiger partial charge in [0.1, 0.15) is 5.75 Å². The summed E-state index contributed by atoms with van der Waals surface area (Å²) in [4.78, 5) is 11.6. The molecule has 0 saturated heterocycles. The zero-order valence-corrected chi connectivity index (χ0v) is 13.1. The average Bonchev–Trinajstić information content (AvgIpc) is 2.41. The number of ether oxygens (including phenoxy) is 1. The first-order valence-electron chi connectivity index (χ1n) is 6.47. The van der Waals surface area contributed by atoms with Crippen molar-refractivity contribution in [3.8, 4) is 5.75 Å². The second-order valence-electron chi connectivity index (χ2n) is 4.24. The molecule has 1 aromatic rings. The number of hydrogen-bond donors (Lipinski definition) is 2. The third kappa shape index (κ3) is 7.03. The Kier molecular flexibility index (Phi) is 8.49. The van der Waals surface area contributed by atoms with Crippen LogP contribution in [0.4, 0.5) is 0 Å². The van der Waals surface area contributed by atoms with E-state index in [1.165, 1.54) is 0 Å². The summed E-state index contributed by atoms with van der Waals surface area (Å²) in [6, 6.07) is 5.29. The fourth-order valence-electron chi connectivity index (χ4n) is 1.50. The minimum atomic E-state index is -0.137. The highest BCUT2D eigenvalue weighted by atomic mass is 35.5. The number of hydrogen-bond acceptors (Lipinski definition) is 4. The van der Waals surface area contributed by atoms with Gasteiger partial charge in [0.2, 0.25) is 0 Å². The maximum Gasteiger partial charge on any atom is 0.257 e. The number of amides is 1. The van der Waals surface area contributed by atoms with Crippen LogP contribution in [-0.2, 0) is 4.79 Å². The van der Waals surface area contributed by atoms with E-state index < -0.39 is 0 Å². The standard InChI is InChI=1S/C14H20ClNO3S/c1-11-9-12(15)3-4-13(11)19-10-14(18)16-5-8-20-7-2-6-17/h3-4,9,17H,2,5-8,10H2,1H3,(H,16,18). The lowest BCUT2D eigenvalue weighted by atomic mass is 10.2. The molecule has 0 aliphatic rings. The maximum atomic E-state index is 11.6. The number of thioether (sulfide) groups is 1. The summed E-state index contributed by atoms with van der Waals surface area (Å²) in [6.07, 6.45) is 0.789. The molecule has 6 heteroatoms. The number of aryl methyl sites for hydroxylation is 1. The number of aliphatic hydroxyl groups excluding tert-OH is 1. The van der Waals surface area contributed by atoms with Crippen molar-refractivity contribution in [1.29, 1.82) is 0 Å². The first-order valence-corrected chi connectivity index (χ1v) is 8.01. The van der Waals surface area contributed by atoms with Gasteiger partial charge >= 0.3 is 0 Å². The molecule has 0 atom stereocenters. The first kappa shape index (κ1) is 17.1. The number of carbonyl (C=O) groups excluding carboxylic acids is 1. The highest BCUT2D eigenvalue weighted by Gasteiger charge is 2.04. The molecule has 112 valence electrons. The van der Waals surface area contributed by atoms with Gasteiger partial charge in [-0.3, -0.25) is 4.79 Å². The van der Waals surface area contributed by atoms with Crippen LogP contribution in [0.25, 0.3) is 0 Å². The van der Waals surface area contributed by atoms with E-state index in [0.29, 0.717) is 17.3 Å². The molecule has 20 heavy (non-hydrogen) atoms. The number of halogens is 1. The second-order valence-corrected chi connectivity index (χ2v) is 5.90. The maximum absolute atomic E-state index is 11.6. The van der Waals surface area contributed by atoms with Crippen molar-refractivity contribution >= 4 is 29.3 Å². The van der Waals surface area contributed by atoms with E-state index in [1.807, 2.05) is 6.92 Å². The Bertz CT molecular complexity index is 429. The molecule has 0 heterocycles. The minimum absolute atomic E-state index is 0.00375. The summed E-state index contributed by atoms with van der Waals surface area (Å²) in [5.41, 5.74) is 0.907. The first-order chi connectivity index (χ1) is 9.63. The molecular weight excluding hydrogens is 298 g/mol. The van der Waals surface area contributed by atoms with Gasteiger partial charge < -0.3 is 15.2 Å². The molecule has 0 saturated carbocycles. The van der Waals surface area contributed by atoms with Crippen molar-refractivity contribution in [2.45, 2.75) is 13.3 Å². The highest BCUT2D eigenvalue weighted by Crippen LogP contribution is 2.21. The van der Waals surface area contributed by atoms with Crippen LogP contribution in [0.1, 0.15) is 12.0 Å². The monoisotopic (exact) mass is 317 g/mol. The Balaban J connectivity index is 2.16. The van der Waals surface area contributed by atoms with Crippen molar-refractivity contribution in [1.82, 2.24) is 5.32 Å². The van der Waals surface area contributed by atoms with Crippen LogP contribution < -0.4 is 10.1 Å². The molecule has 2 N–H and O–H groups in total. The summed E-state index contributed by atoms with van der Waals surface area (Å²) in [7, 11) is 0. The van der Waals surface area contributed by atoms with Gasteiger partial charge in [-0.1, -0.05) is 11.6 Å². The van der Waals surface area contributed by atoms with Crippen molar-refractivity contribution in [2.75, 3.05) is 31.3 Å². The second kappa shape index (κ2) is 9.91. The molecule has 4 nitrogen and oxygen atoms in total. The third-order valence-electron chi connectivity index (χ3n) is 2.51. The molecule has 0 aliphatic heterocycles. The van der Waals surface area contributed by atoms with Crippen molar-refractivity contribution in [3.05, 3.63) is 28.8 Å². The Morgan fingerprint density at radius 1 is 1.45 bits per heavy atom. The number of carbonyl (C=O) groups is 1. The van der Waals surface area contributed by atoms with Crippen molar-refractivity contribution < 1.29 is 14.6 Å². The lowest BCUT2D eigenvalue weighted by Gasteiger charge is -2.09. The third-order valence-corrected chi connectivity index (χ3v) is 3.82. The molecule has 0 bridgehead atoms. The quantitative estimate of drug-likeness (QED) is 0.686. The Morgan fingerprint density at radius 3 is 2.95 bits per heavy atom. The molecule has 0 aliphatic carbocycles. The van der Waals surface area contributed by atoms with E-state index in [0.717, 1.165) is 23.5 Å². The lowest BCUT2D eigenvalue weighted by molar-refractivity contribution is -0.122. The molecule has 1 rings (SSSR count). The van der Waals surface area contributed by atoms with Gasteiger partial charge in [-0.25, -0.2) is 0 Å². The van der Waals surface area contributed by atoms with Crippen LogP contribution in [0.3, 0.4) is 0 Å². The van der Waals surface area contributed by atoms with Crippen LogP contribution in [0.5, 0.6) is 5.75 Å². The zero-order valence-electron chi connectivity index (χ0n) is 11.5. The van der Waals surface area contributed by atoms with Crippen LogP contribution >= 0.6 is 23.4 Å². The van der Waals surface area contributed by atoms with Gasteiger partial charge in [-0.15, -0.1) is 0 Å². The Hall–Kier alpha value is -0.910. The lowest BCUT2D eigenvalue weighted by Crippen LogP contribution is -2.30. The van der Waals surface area contributed by atoms with Crippen molar-refractivity contribution in [3.63, 3.8) is 0 Å². The fraction of sp³-hybridized carbons (Fsp3) is 0.500. The van der Waals surface area contributed by atoms with E-state index in [1.54, 1.807) is 30.0 Å². The SMILES string of the molecule is Cc1cc(Cl)ccc1OCC(=O)NCCSCCCO. The molecule has 0 fully saturated rings. The predicted octanol–water partition coefficient (Wildman–Crippen LogP) is 2.26. The van der Waals surface area contributed by atoms with Gasteiger partial charge in [0, 0.05) is 23.9 Å². The van der Waals surface area contributed by atoms with Gasteiger partial charge in [-0.2, -0.15) is 11.8 Å².